The van der Waals surface area contributed by atoms with Gasteiger partial charge in [-0.05, 0) is 17.9 Å². The Hall–Kier alpha value is -2.92. The third-order valence-corrected chi connectivity index (χ3v) is 4.67. The van der Waals surface area contributed by atoms with Crippen molar-refractivity contribution in [1.82, 2.24) is 9.97 Å². The van der Waals surface area contributed by atoms with Gasteiger partial charge < -0.3 is 15.7 Å². The monoisotopic (exact) mass is 376 g/mol. The van der Waals surface area contributed by atoms with Crippen molar-refractivity contribution in [2.45, 2.75) is 26.3 Å². The summed E-state index contributed by atoms with van der Waals surface area (Å²) in [6.45, 7) is 4.94. The van der Waals surface area contributed by atoms with E-state index >= 15 is 0 Å². The molecule has 1 atom stereocenters. The second-order valence-electron chi connectivity index (χ2n) is 7.17. The molecule has 0 amide bonds. The van der Waals surface area contributed by atoms with E-state index in [9.17, 15) is 5.11 Å². The maximum Gasteiger partial charge on any atom is 0.225 e. The smallest absolute Gasteiger partial charge is 0.225 e. The van der Waals surface area contributed by atoms with Crippen LogP contribution in [0.3, 0.4) is 0 Å². The lowest BCUT2D eigenvalue weighted by Gasteiger charge is -2.20. The molecule has 3 rings (SSSR count). The molecule has 1 aromatic heterocycles. The number of aliphatic hydroxyl groups is 1. The lowest BCUT2D eigenvalue weighted by molar-refractivity contribution is 0.248. The number of aliphatic hydroxyl groups excluding tert-OH is 1. The molecule has 5 heteroatoms. The Morgan fingerprint density at radius 2 is 1.61 bits per heavy atom. The number of hydrogen-bond donors (Lipinski definition) is 3. The number of benzene rings is 2. The lowest BCUT2D eigenvalue weighted by Crippen LogP contribution is -2.30. The highest BCUT2D eigenvalue weighted by atomic mass is 16.3. The largest absolute Gasteiger partial charge is 0.394 e. The SMILES string of the molecule is CC(C)[C@H](CO)Nc1nc(NCCc2ccccc2)cc(-c2ccccc2)n1. The zero-order valence-corrected chi connectivity index (χ0v) is 16.5. The maximum atomic E-state index is 9.65. The second kappa shape index (κ2) is 9.85. The second-order valence-corrected chi connectivity index (χ2v) is 7.17. The molecule has 0 saturated heterocycles. The Balaban J connectivity index is 1.80. The van der Waals surface area contributed by atoms with Crippen molar-refractivity contribution in [2.75, 3.05) is 23.8 Å². The molecule has 0 spiro atoms. The molecule has 0 unspecified atom stereocenters. The van der Waals surface area contributed by atoms with Gasteiger partial charge >= 0.3 is 0 Å². The first kappa shape index (κ1) is 19.8. The first-order valence-electron chi connectivity index (χ1n) is 9.75. The highest BCUT2D eigenvalue weighted by Gasteiger charge is 2.15. The van der Waals surface area contributed by atoms with Crippen molar-refractivity contribution in [1.29, 1.82) is 0 Å². The molecule has 146 valence electrons. The van der Waals surface area contributed by atoms with E-state index in [1.807, 2.05) is 42.5 Å². The Morgan fingerprint density at radius 3 is 2.25 bits per heavy atom. The highest BCUT2D eigenvalue weighted by molar-refractivity contribution is 5.64. The van der Waals surface area contributed by atoms with Crippen molar-refractivity contribution in [3.8, 4) is 11.3 Å². The highest BCUT2D eigenvalue weighted by Crippen LogP contribution is 2.22. The van der Waals surface area contributed by atoms with Crippen LogP contribution in [-0.4, -0.2) is 34.3 Å². The number of hydrogen-bond acceptors (Lipinski definition) is 5. The lowest BCUT2D eigenvalue weighted by atomic mass is 10.1. The predicted molar refractivity (Wildman–Crippen MR) is 115 cm³/mol. The third kappa shape index (κ3) is 5.54. The van der Waals surface area contributed by atoms with Crippen molar-refractivity contribution in [2.24, 2.45) is 5.92 Å². The molecule has 1 heterocycles. The van der Waals surface area contributed by atoms with Crippen LogP contribution in [0.4, 0.5) is 11.8 Å². The van der Waals surface area contributed by atoms with Crippen LogP contribution in [0, 0.1) is 5.92 Å². The van der Waals surface area contributed by atoms with Crippen LogP contribution in [0.2, 0.25) is 0 Å². The topological polar surface area (TPSA) is 70.1 Å². The quantitative estimate of drug-likeness (QED) is 0.521. The standard InChI is InChI=1S/C23H28N4O/c1-17(2)21(16-28)26-23-25-20(19-11-7-4-8-12-19)15-22(27-23)24-14-13-18-9-5-3-6-10-18/h3-12,15,17,21,28H,13-14,16H2,1-2H3,(H2,24,25,26,27)/t21-/m0/s1. The summed E-state index contributed by atoms with van der Waals surface area (Å²) in [5.41, 5.74) is 3.16. The number of nitrogens with zero attached hydrogens (tertiary/aromatic N) is 2. The van der Waals surface area contributed by atoms with E-state index in [4.69, 9.17) is 0 Å². The first-order chi connectivity index (χ1) is 13.7. The molecule has 28 heavy (non-hydrogen) atoms. The van der Waals surface area contributed by atoms with Crippen LogP contribution >= 0.6 is 0 Å². The van der Waals surface area contributed by atoms with E-state index in [2.05, 4.69) is 58.7 Å². The summed E-state index contributed by atoms with van der Waals surface area (Å²) in [6, 6.07) is 22.3. The minimum absolute atomic E-state index is 0.0351. The fourth-order valence-corrected chi connectivity index (χ4v) is 2.93. The van der Waals surface area contributed by atoms with Crippen LogP contribution < -0.4 is 10.6 Å². The Labute approximate surface area is 166 Å². The van der Waals surface area contributed by atoms with E-state index in [0.29, 0.717) is 5.95 Å². The Bertz CT molecular complexity index is 853. The van der Waals surface area contributed by atoms with Crippen LogP contribution in [0.25, 0.3) is 11.3 Å². The summed E-state index contributed by atoms with van der Waals surface area (Å²) in [5, 5.41) is 16.3. The fourth-order valence-electron chi connectivity index (χ4n) is 2.93. The Morgan fingerprint density at radius 1 is 0.929 bits per heavy atom. The average Bonchev–Trinajstić information content (AvgIpc) is 2.73. The van der Waals surface area contributed by atoms with Crippen molar-refractivity contribution in [3.63, 3.8) is 0 Å². The first-order valence-corrected chi connectivity index (χ1v) is 9.75. The molecule has 0 saturated carbocycles. The number of anilines is 2. The third-order valence-electron chi connectivity index (χ3n) is 4.67. The van der Waals surface area contributed by atoms with Gasteiger partial charge in [0.2, 0.25) is 5.95 Å². The number of aromatic nitrogens is 2. The molecule has 0 radical (unpaired) electrons. The van der Waals surface area contributed by atoms with Gasteiger partial charge in [0.25, 0.3) is 0 Å². The molecule has 2 aromatic carbocycles. The van der Waals surface area contributed by atoms with Crippen LogP contribution in [0.5, 0.6) is 0 Å². The van der Waals surface area contributed by atoms with Gasteiger partial charge in [-0.15, -0.1) is 0 Å². The predicted octanol–water partition coefficient (Wildman–Crippen LogP) is 4.23. The molecule has 0 aliphatic heterocycles. The van der Waals surface area contributed by atoms with Gasteiger partial charge in [-0.2, -0.15) is 4.98 Å². The zero-order valence-electron chi connectivity index (χ0n) is 16.5. The van der Waals surface area contributed by atoms with Gasteiger partial charge in [-0.25, -0.2) is 4.98 Å². The summed E-state index contributed by atoms with van der Waals surface area (Å²) in [6.07, 6.45) is 0.916. The van der Waals surface area contributed by atoms with Gasteiger partial charge in [0.1, 0.15) is 5.82 Å². The van der Waals surface area contributed by atoms with Crippen LogP contribution in [0.1, 0.15) is 19.4 Å². The summed E-state index contributed by atoms with van der Waals surface area (Å²) in [4.78, 5) is 9.28. The molecule has 3 aromatic rings. The summed E-state index contributed by atoms with van der Waals surface area (Å²) in [5.74, 6) is 1.56. The molecule has 3 N–H and O–H groups in total. The molecular weight excluding hydrogens is 348 g/mol. The Kier molecular flexibility index (Phi) is 6.98. The van der Waals surface area contributed by atoms with Gasteiger partial charge in [0.05, 0.1) is 18.3 Å². The normalized spacial score (nSPS) is 12.0. The van der Waals surface area contributed by atoms with E-state index in [1.54, 1.807) is 0 Å². The van der Waals surface area contributed by atoms with Crippen LogP contribution in [0.15, 0.2) is 66.7 Å². The minimum Gasteiger partial charge on any atom is -0.394 e. The van der Waals surface area contributed by atoms with E-state index in [-0.39, 0.29) is 18.6 Å². The molecule has 0 aliphatic carbocycles. The summed E-state index contributed by atoms with van der Waals surface area (Å²) < 4.78 is 0. The molecule has 0 fully saturated rings. The molecule has 0 aliphatic rings. The van der Waals surface area contributed by atoms with E-state index < -0.39 is 0 Å². The zero-order chi connectivity index (χ0) is 19.8. The molecule has 0 bridgehead atoms. The maximum absolute atomic E-state index is 9.65. The van der Waals surface area contributed by atoms with Gasteiger partial charge in [-0.1, -0.05) is 74.5 Å². The molecular formula is C23H28N4O. The van der Waals surface area contributed by atoms with Crippen LogP contribution in [-0.2, 0) is 6.42 Å². The van der Waals surface area contributed by atoms with E-state index in [1.165, 1.54) is 5.56 Å². The van der Waals surface area contributed by atoms with Crippen molar-refractivity contribution in [3.05, 3.63) is 72.3 Å². The van der Waals surface area contributed by atoms with Gasteiger partial charge in [0, 0.05) is 18.2 Å². The van der Waals surface area contributed by atoms with Crippen molar-refractivity contribution >= 4 is 11.8 Å². The summed E-state index contributed by atoms with van der Waals surface area (Å²) >= 11 is 0. The van der Waals surface area contributed by atoms with Gasteiger partial charge in [-0.3, -0.25) is 0 Å². The fraction of sp³-hybridized carbons (Fsp3) is 0.304. The number of nitrogens with one attached hydrogen (secondary N) is 2. The minimum atomic E-state index is -0.0943. The van der Waals surface area contributed by atoms with Gasteiger partial charge in [0.15, 0.2) is 0 Å². The average molecular weight is 377 g/mol. The molecule has 5 nitrogen and oxygen atoms in total. The van der Waals surface area contributed by atoms with Crippen molar-refractivity contribution < 1.29 is 5.11 Å². The summed E-state index contributed by atoms with van der Waals surface area (Å²) in [7, 11) is 0. The number of rotatable bonds is 9. The van der Waals surface area contributed by atoms with E-state index in [0.717, 1.165) is 30.0 Å².